The van der Waals surface area contributed by atoms with Gasteiger partial charge in [0, 0.05) is 7.05 Å². The van der Waals surface area contributed by atoms with Gasteiger partial charge in [-0.25, -0.2) is 9.78 Å². The Kier molecular flexibility index (Phi) is 3.15. The van der Waals surface area contributed by atoms with Crippen molar-refractivity contribution in [3.63, 3.8) is 0 Å². The zero-order chi connectivity index (χ0) is 12.6. The summed E-state index contributed by atoms with van der Waals surface area (Å²) in [5.41, 5.74) is 1.93. The highest BCUT2D eigenvalue weighted by Crippen LogP contribution is 2.24. The summed E-state index contributed by atoms with van der Waals surface area (Å²) in [5.74, 6) is -0.350. The van der Waals surface area contributed by atoms with Gasteiger partial charge in [-0.15, -0.1) is 0 Å². The third-order valence-electron chi connectivity index (χ3n) is 2.43. The van der Waals surface area contributed by atoms with Gasteiger partial charge in [-0.1, -0.05) is 0 Å². The number of rotatable bonds is 2. The summed E-state index contributed by atoms with van der Waals surface area (Å²) in [5, 5.41) is 5.00. The zero-order valence-corrected chi connectivity index (χ0v) is 11.4. The van der Waals surface area contributed by atoms with Gasteiger partial charge in [0.1, 0.15) is 4.60 Å². The van der Waals surface area contributed by atoms with Gasteiger partial charge in [-0.2, -0.15) is 5.10 Å². The van der Waals surface area contributed by atoms with Crippen molar-refractivity contribution in [1.82, 2.24) is 14.8 Å². The van der Waals surface area contributed by atoms with Crippen molar-refractivity contribution in [2.45, 2.75) is 13.8 Å². The van der Waals surface area contributed by atoms with E-state index >= 15 is 0 Å². The molecule has 2 heterocycles. The average molecular weight is 298 g/mol. The molecule has 0 amide bonds. The maximum absolute atomic E-state index is 11.9. The highest BCUT2D eigenvalue weighted by molar-refractivity contribution is 9.10. The third kappa shape index (κ3) is 2.04. The Balaban J connectivity index is 2.73. The number of aryl methyl sites for hydroxylation is 2. The van der Waals surface area contributed by atoms with E-state index in [2.05, 4.69) is 26.0 Å². The molecular weight excluding hydrogens is 286 g/mol. The van der Waals surface area contributed by atoms with Crippen molar-refractivity contribution in [1.29, 1.82) is 0 Å². The fraction of sp³-hybridized carbons (Fsp3) is 0.364. The van der Waals surface area contributed by atoms with Gasteiger partial charge in [0.15, 0.2) is 5.65 Å². The molecule has 0 saturated heterocycles. The van der Waals surface area contributed by atoms with Crippen LogP contribution in [0.2, 0.25) is 0 Å². The standard InChI is InChI=1S/C11H12BrN3O2/c1-4-17-11(16)7-5-8(12)13-10-9(7)6(2)14-15(10)3/h5H,4H2,1-3H3. The monoisotopic (exact) mass is 297 g/mol. The lowest BCUT2D eigenvalue weighted by Crippen LogP contribution is -2.06. The first kappa shape index (κ1) is 12.0. The maximum Gasteiger partial charge on any atom is 0.339 e. The quantitative estimate of drug-likeness (QED) is 0.630. The predicted molar refractivity (Wildman–Crippen MR) is 66.9 cm³/mol. The van der Waals surface area contributed by atoms with E-state index < -0.39 is 0 Å². The number of fused-ring (bicyclic) bond motifs is 1. The van der Waals surface area contributed by atoms with Crippen molar-refractivity contribution in [2.24, 2.45) is 7.05 Å². The number of pyridine rings is 1. The van der Waals surface area contributed by atoms with Crippen LogP contribution in [0.1, 0.15) is 23.0 Å². The minimum absolute atomic E-state index is 0.347. The molecule has 90 valence electrons. The molecule has 0 aromatic carbocycles. The van der Waals surface area contributed by atoms with Gasteiger partial charge in [0.2, 0.25) is 0 Å². The number of ether oxygens (including phenoxy) is 1. The molecule has 0 unspecified atom stereocenters. The lowest BCUT2D eigenvalue weighted by molar-refractivity contribution is 0.0528. The van der Waals surface area contributed by atoms with Crippen LogP contribution in [-0.2, 0) is 11.8 Å². The molecule has 0 spiro atoms. The Labute approximate surface area is 107 Å². The third-order valence-corrected chi connectivity index (χ3v) is 2.84. The lowest BCUT2D eigenvalue weighted by Gasteiger charge is -2.04. The van der Waals surface area contributed by atoms with E-state index in [9.17, 15) is 4.79 Å². The topological polar surface area (TPSA) is 57.0 Å². The number of aromatic nitrogens is 3. The van der Waals surface area contributed by atoms with Gasteiger partial charge >= 0.3 is 5.97 Å². The molecule has 0 bridgehead atoms. The van der Waals surface area contributed by atoms with Gasteiger partial charge in [0.25, 0.3) is 0 Å². The molecule has 0 aliphatic heterocycles. The van der Waals surface area contributed by atoms with Crippen LogP contribution >= 0.6 is 15.9 Å². The van der Waals surface area contributed by atoms with Gasteiger partial charge in [-0.3, -0.25) is 4.68 Å². The number of carbonyl (C=O) groups excluding carboxylic acids is 1. The molecule has 0 aliphatic carbocycles. The van der Waals surface area contributed by atoms with E-state index in [-0.39, 0.29) is 5.97 Å². The van der Waals surface area contributed by atoms with Gasteiger partial charge in [0.05, 0.1) is 23.3 Å². The fourth-order valence-electron chi connectivity index (χ4n) is 1.78. The molecule has 2 aromatic heterocycles. The molecule has 0 N–H and O–H groups in total. The summed E-state index contributed by atoms with van der Waals surface area (Å²) in [7, 11) is 1.80. The Bertz CT molecular complexity index is 592. The van der Waals surface area contributed by atoms with Crippen LogP contribution in [0.15, 0.2) is 10.7 Å². The molecule has 0 saturated carbocycles. The largest absolute Gasteiger partial charge is 0.462 e. The fourth-order valence-corrected chi connectivity index (χ4v) is 2.18. The maximum atomic E-state index is 11.9. The smallest absolute Gasteiger partial charge is 0.339 e. The van der Waals surface area contributed by atoms with Crippen molar-refractivity contribution in [2.75, 3.05) is 6.61 Å². The normalized spacial score (nSPS) is 10.8. The molecular formula is C11H12BrN3O2. The molecule has 6 heteroatoms. The summed E-state index contributed by atoms with van der Waals surface area (Å²) in [6.45, 7) is 3.97. The Morgan fingerprint density at radius 2 is 2.29 bits per heavy atom. The SMILES string of the molecule is CCOC(=O)c1cc(Br)nc2c1c(C)nn2C. The number of carbonyl (C=O) groups is 1. The first-order chi connectivity index (χ1) is 8.04. The van der Waals surface area contributed by atoms with Gasteiger partial charge < -0.3 is 4.74 Å². The Morgan fingerprint density at radius 1 is 1.59 bits per heavy atom. The summed E-state index contributed by atoms with van der Waals surface area (Å²) in [6.07, 6.45) is 0. The molecule has 0 atom stereocenters. The zero-order valence-electron chi connectivity index (χ0n) is 9.82. The minimum Gasteiger partial charge on any atom is -0.462 e. The highest BCUT2D eigenvalue weighted by Gasteiger charge is 2.18. The average Bonchev–Trinajstić information content (AvgIpc) is 2.54. The van der Waals surface area contributed by atoms with E-state index in [1.807, 2.05) is 6.92 Å². The molecule has 17 heavy (non-hydrogen) atoms. The van der Waals surface area contributed by atoms with Gasteiger partial charge in [-0.05, 0) is 35.8 Å². The van der Waals surface area contributed by atoms with E-state index in [0.29, 0.717) is 22.4 Å². The molecule has 5 nitrogen and oxygen atoms in total. The molecule has 0 radical (unpaired) electrons. The summed E-state index contributed by atoms with van der Waals surface area (Å²) in [4.78, 5) is 16.2. The Hall–Kier alpha value is -1.43. The molecule has 0 aliphatic rings. The van der Waals surface area contributed by atoms with E-state index in [1.54, 1.807) is 24.7 Å². The second-order valence-electron chi connectivity index (χ2n) is 3.62. The van der Waals surface area contributed by atoms with E-state index in [4.69, 9.17) is 4.74 Å². The minimum atomic E-state index is -0.350. The van der Waals surface area contributed by atoms with Crippen LogP contribution in [0.5, 0.6) is 0 Å². The van der Waals surface area contributed by atoms with Crippen molar-refractivity contribution >= 4 is 32.9 Å². The molecule has 2 aromatic rings. The number of hydrogen-bond donors (Lipinski definition) is 0. The lowest BCUT2D eigenvalue weighted by atomic mass is 10.1. The van der Waals surface area contributed by atoms with Crippen LogP contribution in [0.25, 0.3) is 11.0 Å². The second kappa shape index (κ2) is 4.44. The predicted octanol–water partition coefficient (Wildman–Crippen LogP) is 2.22. The van der Waals surface area contributed by atoms with E-state index in [0.717, 1.165) is 11.1 Å². The van der Waals surface area contributed by atoms with Crippen LogP contribution in [0, 0.1) is 6.92 Å². The first-order valence-corrected chi connectivity index (χ1v) is 6.01. The van der Waals surface area contributed by atoms with Crippen molar-refractivity contribution < 1.29 is 9.53 Å². The van der Waals surface area contributed by atoms with Crippen molar-refractivity contribution in [3.05, 3.63) is 21.9 Å². The number of esters is 1. The Morgan fingerprint density at radius 3 is 2.94 bits per heavy atom. The summed E-state index contributed by atoms with van der Waals surface area (Å²) in [6, 6.07) is 1.66. The van der Waals surface area contributed by atoms with E-state index in [1.165, 1.54) is 0 Å². The molecule has 0 fully saturated rings. The molecule has 2 rings (SSSR count). The van der Waals surface area contributed by atoms with Crippen LogP contribution in [0.4, 0.5) is 0 Å². The van der Waals surface area contributed by atoms with Crippen LogP contribution < -0.4 is 0 Å². The number of hydrogen-bond acceptors (Lipinski definition) is 4. The summed E-state index contributed by atoms with van der Waals surface area (Å²) < 4.78 is 7.28. The van der Waals surface area contributed by atoms with Crippen LogP contribution in [0.3, 0.4) is 0 Å². The second-order valence-corrected chi connectivity index (χ2v) is 4.43. The highest BCUT2D eigenvalue weighted by atomic mass is 79.9. The van der Waals surface area contributed by atoms with Crippen LogP contribution in [-0.4, -0.2) is 27.3 Å². The number of nitrogens with zero attached hydrogens (tertiary/aromatic N) is 3. The van der Waals surface area contributed by atoms with Crippen molar-refractivity contribution in [3.8, 4) is 0 Å². The number of halogens is 1. The summed E-state index contributed by atoms with van der Waals surface area (Å²) >= 11 is 3.29. The first-order valence-electron chi connectivity index (χ1n) is 5.21.